The van der Waals surface area contributed by atoms with Gasteiger partial charge in [-0.3, -0.25) is 9.69 Å². The molecule has 4 aliphatic rings. The summed E-state index contributed by atoms with van der Waals surface area (Å²) in [6, 6.07) is 0. The number of carbonyl (C=O) groups is 1. The molecule has 19 heavy (non-hydrogen) atoms. The van der Waals surface area contributed by atoms with Crippen LogP contribution in [-0.2, 0) is 4.79 Å². The molecule has 0 aromatic carbocycles. The molecule has 1 saturated heterocycles. The Morgan fingerprint density at radius 3 is 3.11 bits per heavy atom. The maximum Gasteiger partial charge on any atom is 0.138 e. The van der Waals surface area contributed by atoms with Crippen LogP contribution in [0.5, 0.6) is 0 Å². The molecule has 0 aromatic rings. The highest BCUT2D eigenvalue weighted by atomic mass is 16.3. The molecule has 2 aliphatic carbocycles. The van der Waals surface area contributed by atoms with E-state index in [1.165, 1.54) is 5.57 Å². The fourth-order valence-corrected chi connectivity index (χ4v) is 5.46. The van der Waals surface area contributed by atoms with Gasteiger partial charge in [-0.1, -0.05) is 13.0 Å². The van der Waals surface area contributed by atoms with Crippen molar-refractivity contribution in [1.82, 2.24) is 4.90 Å². The quantitative estimate of drug-likeness (QED) is 0.675. The summed E-state index contributed by atoms with van der Waals surface area (Å²) in [6.45, 7) is 4.40. The van der Waals surface area contributed by atoms with Crippen LogP contribution in [0.3, 0.4) is 0 Å². The van der Waals surface area contributed by atoms with Crippen LogP contribution in [0.2, 0.25) is 0 Å². The second-order valence-electron chi connectivity index (χ2n) is 7.00. The minimum atomic E-state index is -0.316. The van der Waals surface area contributed by atoms with Gasteiger partial charge in [0.2, 0.25) is 0 Å². The molecule has 0 radical (unpaired) electrons. The molecule has 104 valence electrons. The van der Waals surface area contributed by atoms with E-state index in [2.05, 4.69) is 17.9 Å². The fraction of sp³-hybridized carbons (Fsp3) is 0.812. The number of aliphatic hydroxyl groups excluding tert-OH is 1. The Balaban J connectivity index is 1.89. The van der Waals surface area contributed by atoms with Crippen LogP contribution in [0, 0.1) is 17.8 Å². The SMILES string of the molecule is CC1CC23C4=CCCN2CCCC3C(=O)CC4C1O. The van der Waals surface area contributed by atoms with Crippen molar-refractivity contribution in [2.75, 3.05) is 13.1 Å². The van der Waals surface area contributed by atoms with Crippen LogP contribution >= 0.6 is 0 Å². The van der Waals surface area contributed by atoms with E-state index in [1.807, 2.05) is 0 Å². The highest BCUT2D eigenvalue weighted by molar-refractivity contribution is 5.86. The Kier molecular flexibility index (Phi) is 2.50. The molecule has 3 fully saturated rings. The van der Waals surface area contributed by atoms with Gasteiger partial charge in [-0.2, -0.15) is 0 Å². The monoisotopic (exact) mass is 261 g/mol. The minimum Gasteiger partial charge on any atom is -0.392 e. The Bertz CT molecular complexity index is 458. The normalized spacial score (nSPS) is 49.6. The first kappa shape index (κ1) is 12.1. The van der Waals surface area contributed by atoms with Crippen LogP contribution in [0.15, 0.2) is 11.6 Å². The molecule has 1 N–H and O–H groups in total. The topological polar surface area (TPSA) is 40.5 Å². The summed E-state index contributed by atoms with van der Waals surface area (Å²) in [6.07, 6.45) is 6.92. The van der Waals surface area contributed by atoms with E-state index in [0.717, 1.165) is 38.8 Å². The Morgan fingerprint density at radius 1 is 1.42 bits per heavy atom. The molecular weight excluding hydrogens is 238 g/mol. The van der Waals surface area contributed by atoms with Gasteiger partial charge in [-0.25, -0.2) is 0 Å². The lowest BCUT2D eigenvalue weighted by Gasteiger charge is -2.63. The average Bonchev–Trinajstić information content (AvgIpc) is 2.40. The number of rotatable bonds is 0. The lowest BCUT2D eigenvalue weighted by Crippen LogP contribution is -2.69. The molecule has 4 rings (SSSR count). The zero-order valence-corrected chi connectivity index (χ0v) is 11.6. The summed E-state index contributed by atoms with van der Waals surface area (Å²) in [7, 11) is 0. The second-order valence-corrected chi connectivity index (χ2v) is 7.00. The van der Waals surface area contributed by atoms with E-state index >= 15 is 0 Å². The summed E-state index contributed by atoms with van der Waals surface area (Å²) >= 11 is 0. The summed E-state index contributed by atoms with van der Waals surface area (Å²) < 4.78 is 0. The summed E-state index contributed by atoms with van der Waals surface area (Å²) in [5.74, 6) is 1.04. The van der Waals surface area contributed by atoms with Crippen molar-refractivity contribution >= 4 is 5.78 Å². The number of hydrogen-bond acceptors (Lipinski definition) is 3. The standard InChI is InChI=1S/C16H23NO2/c1-10-9-16-12-4-2-6-17(16)7-3-5-13(16)14(18)8-11(12)15(10)19/h4,10-11,13,15,19H,2-3,5-9H2,1H3. The predicted octanol–water partition coefficient (Wildman–Crippen LogP) is 1.76. The molecule has 5 unspecified atom stereocenters. The maximum absolute atomic E-state index is 12.6. The van der Waals surface area contributed by atoms with Gasteiger partial charge in [-0.05, 0) is 43.7 Å². The van der Waals surface area contributed by atoms with Crippen LogP contribution in [0.25, 0.3) is 0 Å². The van der Waals surface area contributed by atoms with Crippen LogP contribution in [0.4, 0.5) is 0 Å². The van der Waals surface area contributed by atoms with E-state index in [-0.39, 0.29) is 23.5 Å². The van der Waals surface area contributed by atoms with Crippen molar-refractivity contribution in [2.45, 2.75) is 50.7 Å². The molecule has 2 aliphatic heterocycles. The van der Waals surface area contributed by atoms with E-state index in [4.69, 9.17) is 0 Å². The van der Waals surface area contributed by atoms with Gasteiger partial charge in [0.1, 0.15) is 5.78 Å². The maximum atomic E-state index is 12.6. The first-order valence-electron chi connectivity index (χ1n) is 7.81. The molecule has 2 bridgehead atoms. The number of piperidine rings is 1. The van der Waals surface area contributed by atoms with Crippen molar-refractivity contribution in [3.8, 4) is 0 Å². The van der Waals surface area contributed by atoms with Gasteiger partial charge < -0.3 is 5.11 Å². The van der Waals surface area contributed by atoms with Crippen molar-refractivity contribution in [3.63, 3.8) is 0 Å². The zero-order valence-electron chi connectivity index (χ0n) is 11.6. The van der Waals surface area contributed by atoms with Gasteiger partial charge in [0.25, 0.3) is 0 Å². The van der Waals surface area contributed by atoms with Crippen molar-refractivity contribution in [3.05, 3.63) is 11.6 Å². The smallest absolute Gasteiger partial charge is 0.138 e. The third-order valence-electron chi connectivity index (χ3n) is 6.16. The largest absolute Gasteiger partial charge is 0.392 e. The molecule has 0 aromatic heterocycles. The third kappa shape index (κ3) is 1.38. The van der Waals surface area contributed by atoms with Gasteiger partial charge >= 0.3 is 0 Å². The number of carbonyl (C=O) groups excluding carboxylic acids is 1. The molecule has 5 atom stereocenters. The van der Waals surface area contributed by atoms with Crippen molar-refractivity contribution < 1.29 is 9.90 Å². The lowest BCUT2D eigenvalue weighted by atomic mass is 9.51. The third-order valence-corrected chi connectivity index (χ3v) is 6.16. The number of nitrogens with zero attached hydrogens (tertiary/aromatic N) is 1. The molecule has 3 heteroatoms. The van der Waals surface area contributed by atoms with Crippen molar-refractivity contribution in [2.24, 2.45) is 17.8 Å². The molecule has 2 saturated carbocycles. The average molecular weight is 261 g/mol. The van der Waals surface area contributed by atoms with Gasteiger partial charge in [0.05, 0.1) is 11.6 Å². The highest BCUT2D eigenvalue weighted by Gasteiger charge is 2.61. The summed E-state index contributed by atoms with van der Waals surface area (Å²) in [4.78, 5) is 15.1. The van der Waals surface area contributed by atoms with Crippen molar-refractivity contribution in [1.29, 1.82) is 0 Å². The van der Waals surface area contributed by atoms with Gasteiger partial charge in [0.15, 0.2) is 0 Å². The predicted molar refractivity (Wildman–Crippen MR) is 72.6 cm³/mol. The first-order valence-corrected chi connectivity index (χ1v) is 7.81. The van der Waals surface area contributed by atoms with E-state index in [1.54, 1.807) is 0 Å². The number of aliphatic hydroxyl groups is 1. The molecular formula is C16H23NO2. The Labute approximate surface area is 114 Å². The van der Waals surface area contributed by atoms with Crippen LogP contribution in [-0.4, -0.2) is 40.5 Å². The minimum absolute atomic E-state index is 0.00481. The Morgan fingerprint density at radius 2 is 2.26 bits per heavy atom. The highest BCUT2D eigenvalue weighted by Crippen LogP contribution is 2.57. The zero-order chi connectivity index (χ0) is 13.2. The van der Waals surface area contributed by atoms with Crippen LogP contribution in [0.1, 0.15) is 39.0 Å². The van der Waals surface area contributed by atoms with E-state index in [9.17, 15) is 9.90 Å². The lowest BCUT2D eigenvalue weighted by molar-refractivity contribution is -0.147. The van der Waals surface area contributed by atoms with Gasteiger partial charge in [0, 0.05) is 24.8 Å². The van der Waals surface area contributed by atoms with E-state index < -0.39 is 0 Å². The number of ketones is 1. The molecule has 2 heterocycles. The molecule has 3 nitrogen and oxygen atoms in total. The Hall–Kier alpha value is -0.670. The molecule has 0 amide bonds. The van der Waals surface area contributed by atoms with Crippen LogP contribution < -0.4 is 0 Å². The fourth-order valence-electron chi connectivity index (χ4n) is 5.46. The second kappa shape index (κ2) is 3.92. The summed E-state index contributed by atoms with van der Waals surface area (Å²) in [5.41, 5.74) is 1.42. The first-order chi connectivity index (χ1) is 9.14. The summed E-state index contributed by atoms with van der Waals surface area (Å²) in [5, 5.41) is 10.5. The number of hydrogen-bond donors (Lipinski definition) is 1. The van der Waals surface area contributed by atoms with E-state index in [0.29, 0.717) is 18.1 Å². The molecule has 1 spiro atoms. The number of Topliss-reactive ketones (excluding diaryl/α,β-unsaturated/α-hetero) is 1. The van der Waals surface area contributed by atoms with Gasteiger partial charge in [-0.15, -0.1) is 0 Å².